The third-order valence-corrected chi connectivity index (χ3v) is 8.47. The minimum atomic E-state index is -4.00. The molecule has 0 aliphatic carbocycles. The zero-order chi connectivity index (χ0) is 29.2. The molecule has 0 saturated heterocycles. The molecule has 8 nitrogen and oxygen atoms in total. The van der Waals surface area contributed by atoms with Gasteiger partial charge in [0, 0.05) is 8.59 Å². The number of hydrogen-bond donors (Lipinski definition) is 1. The van der Waals surface area contributed by atoms with E-state index in [1.165, 1.54) is 18.3 Å². The van der Waals surface area contributed by atoms with Crippen LogP contribution in [0.4, 0.5) is 5.69 Å². The minimum Gasteiger partial charge on any atom is -0.490 e. The fourth-order valence-electron chi connectivity index (χ4n) is 3.72. The first-order valence-corrected chi connectivity index (χ1v) is 15.5. The Balaban J connectivity index is 1.45. The van der Waals surface area contributed by atoms with Crippen LogP contribution in [0.3, 0.4) is 0 Å². The molecule has 0 bridgehead atoms. The summed E-state index contributed by atoms with van der Waals surface area (Å²) >= 11 is 8.08. The second kappa shape index (κ2) is 14.3. The van der Waals surface area contributed by atoms with E-state index in [0.29, 0.717) is 41.0 Å². The van der Waals surface area contributed by atoms with Crippen molar-refractivity contribution in [3.05, 3.63) is 117 Å². The van der Waals surface area contributed by atoms with Crippen LogP contribution >= 0.6 is 34.2 Å². The van der Waals surface area contributed by atoms with E-state index in [2.05, 4.69) is 33.1 Å². The van der Waals surface area contributed by atoms with Gasteiger partial charge in [-0.15, -0.1) is 0 Å². The van der Waals surface area contributed by atoms with E-state index < -0.39 is 22.5 Å². The Morgan fingerprint density at radius 1 is 0.951 bits per heavy atom. The van der Waals surface area contributed by atoms with Gasteiger partial charge in [-0.1, -0.05) is 41.9 Å². The number of hydrazone groups is 1. The molecule has 1 N–H and O–H groups in total. The number of sulfonamides is 1. The number of anilines is 1. The lowest BCUT2D eigenvalue weighted by atomic mass is 10.2. The SMILES string of the molecule is CCOc1cc(/C=N\NC(=O)CN(c2ccc(I)cc2)S(=O)(=O)c2ccccc2)ccc1OCc1ccc(Cl)cc1. The van der Waals surface area contributed by atoms with Crippen molar-refractivity contribution in [2.24, 2.45) is 5.10 Å². The maximum Gasteiger partial charge on any atom is 0.264 e. The van der Waals surface area contributed by atoms with Crippen LogP contribution in [0.25, 0.3) is 0 Å². The highest BCUT2D eigenvalue weighted by Crippen LogP contribution is 2.29. The van der Waals surface area contributed by atoms with E-state index >= 15 is 0 Å². The Morgan fingerprint density at radius 2 is 1.66 bits per heavy atom. The van der Waals surface area contributed by atoms with Crippen molar-refractivity contribution in [1.82, 2.24) is 5.43 Å². The highest BCUT2D eigenvalue weighted by molar-refractivity contribution is 14.1. The first-order chi connectivity index (χ1) is 19.8. The summed E-state index contributed by atoms with van der Waals surface area (Å²) < 4.78 is 40.5. The van der Waals surface area contributed by atoms with E-state index in [-0.39, 0.29) is 4.90 Å². The zero-order valence-corrected chi connectivity index (χ0v) is 25.8. The van der Waals surface area contributed by atoms with Crippen LogP contribution < -0.4 is 19.2 Å². The molecule has 0 atom stereocenters. The van der Waals surface area contributed by atoms with Gasteiger partial charge in [-0.05, 0) is 107 Å². The molecule has 1 amide bonds. The molecule has 0 fully saturated rings. The quantitative estimate of drug-likeness (QED) is 0.107. The highest BCUT2D eigenvalue weighted by atomic mass is 127. The molecule has 0 heterocycles. The molecule has 4 aromatic carbocycles. The van der Waals surface area contributed by atoms with Gasteiger partial charge in [-0.2, -0.15) is 5.10 Å². The number of halogens is 2. The molecule has 11 heteroatoms. The van der Waals surface area contributed by atoms with Crippen molar-refractivity contribution < 1.29 is 22.7 Å². The Labute approximate surface area is 258 Å². The molecule has 0 saturated carbocycles. The summed E-state index contributed by atoms with van der Waals surface area (Å²) in [4.78, 5) is 12.9. The largest absolute Gasteiger partial charge is 0.490 e. The predicted molar refractivity (Wildman–Crippen MR) is 169 cm³/mol. The van der Waals surface area contributed by atoms with Crippen LogP contribution in [-0.2, 0) is 21.4 Å². The monoisotopic (exact) mass is 703 g/mol. The van der Waals surface area contributed by atoms with E-state index in [9.17, 15) is 13.2 Å². The Hall–Kier alpha value is -3.61. The lowest BCUT2D eigenvalue weighted by Crippen LogP contribution is -2.39. The highest BCUT2D eigenvalue weighted by Gasteiger charge is 2.27. The summed E-state index contributed by atoms with van der Waals surface area (Å²) in [7, 11) is -4.00. The van der Waals surface area contributed by atoms with Gasteiger partial charge in [0.2, 0.25) is 0 Å². The molecule has 0 aliphatic heterocycles. The second-order valence-corrected chi connectivity index (χ2v) is 12.2. The van der Waals surface area contributed by atoms with E-state index in [4.69, 9.17) is 21.1 Å². The Bertz CT molecular complexity index is 1600. The van der Waals surface area contributed by atoms with Crippen molar-refractivity contribution in [3.63, 3.8) is 0 Å². The van der Waals surface area contributed by atoms with Gasteiger partial charge < -0.3 is 9.47 Å². The maximum absolute atomic E-state index is 13.4. The van der Waals surface area contributed by atoms with Crippen molar-refractivity contribution in [1.29, 1.82) is 0 Å². The molecule has 0 unspecified atom stereocenters. The number of benzene rings is 4. The summed E-state index contributed by atoms with van der Waals surface area (Å²) in [5, 5.41) is 4.69. The third kappa shape index (κ3) is 8.44. The molecule has 4 rings (SSSR count). The Kier molecular flexibility index (Phi) is 10.6. The molecular weight excluding hydrogens is 677 g/mol. The van der Waals surface area contributed by atoms with Crippen LogP contribution in [0, 0.1) is 3.57 Å². The molecule has 0 radical (unpaired) electrons. The summed E-state index contributed by atoms with van der Waals surface area (Å²) in [6.07, 6.45) is 1.45. The zero-order valence-electron chi connectivity index (χ0n) is 22.0. The average molecular weight is 704 g/mol. The fourth-order valence-corrected chi connectivity index (χ4v) is 5.65. The van der Waals surface area contributed by atoms with E-state index in [0.717, 1.165) is 13.4 Å². The van der Waals surface area contributed by atoms with Crippen molar-refractivity contribution >= 4 is 62.0 Å². The number of rotatable bonds is 12. The summed E-state index contributed by atoms with van der Waals surface area (Å²) in [5.74, 6) is 0.477. The van der Waals surface area contributed by atoms with Gasteiger partial charge in [0.15, 0.2) is 11.5 Å². The smallest absolute Gasteiger partial charge is 0.264 e. The van der Waals surface area contributed by atoms with Gasteiger partial charge in [-0.25, -0.2) is 13.8 Å². The first kappa shape index (κ1) is 30.4. The molecule has 0 aromatic heterocycles. The maximum atomic E-state index is 13.4. The lowest BCUT2D eigenvalue weighted by Gasteiger charge is -2.23. The number of carbonyl (C=O) groups excluding carboxylic acids is 1. The van der Waals surface area contributed by atoms with E-state index in [1.54, 1.807) is 72.8 Å². The number of amides is 1. The van der Waals surface area contributed by atoms with Crippen LogP contribution in [0.5, 0.6) is 11.5 Å². The summed E-state index contributed by atoms with van der Waals surface area (Å²) in [5.41, 5.74) is 4.40. The molecule has 41 heavy (non-hydrogen) atoms. The molecule has 212 valence electrons. The van der Waals surface area contributed by atoms with Gasteiger partial charge >= 0.3 is 0 Å². The van der Waals surface area contributed by atoms with Crippen molar-refractivity contribution in [2.75, 3.05) is 17.5 Å². The van der Waals surface area contributed by atoms with Crippen LogP contribution in [0.1, 0.15) is 18.1 Å². The third-order valence-electron chi connectivity index (χ3n) is 5.71. The normalized spacial score (nSPS) is 11.3. The van der Waals surface area contributed by atoms with E-state index in [1.807, 2.05) is 19.1 Å². The average Bonchev–Trinajstić information content (AvgIpc) is 2.97. The molecular formula is C30H27ClIN3O5S. The topological polar surface area (TPSA) is 97.3 Å². The number of nitrogens with zero attached hydrogens (tertiary/aromatic N) is 2. The number of nitrogens with one attached hydrogen (secondary N) is 1. The lowest BCUT2D eigenvalue weighted by molar-refractivity contribution is -0.119. The molecule has 0 aliphatic rings. The Morgan fingerprint density at radius 3 is 2.34 bits per heavy atom. The standard InChI is InChI=1S/C30H27ClIN3O5S/c1-2-39-29-18-23(10-17-28(29)40-21-22-8-11-24(31)12-9-22)19-33-34-30(36)20-35(26-15-13-25(32)14-16-26)41(37,38)27-6-4-3-5-7-27/h3-19H,2,20-21H2,1H3,(H,34,36)/b33-19-. The minimum absolute atomic E-state index is 0.0803. The molecule has 0 spiro atoms. The van der Waals surface area contributed by atoms with Gasteiger partial charge in [-0.3, -0.25) is 9.10 Å². The van der Waals surface area contributed by atoms with Crippen molar-refractivity contribution in [2.45, 2.75) is 18.4 Å². The predicted octanol–water partition coefficient (Wildman–Crippen LogP) is 6.27. The van der Waals surface area contributed by atoms with Gasteiger partial charge in [0.05, 0.1) is 23.4 Å². The summed E-state index contributed by atoms with van der Waals surface area (Å²) in [6.45, 7) is 2.17. The summed E-state index contributed by atoms with van der Waals surface area (Å²) in [6, 6.07) is 27.5. The van der Waals surface area contributed by atoms with Gasteiger partial charge in [0.1, 0.15) is 13.2 Å². The molecule has 4 aromatic rings. The first-order valence-electron chi connectivity index (χ1n) is 12.6. The van der Waals surface area contributed by atoms with Gasteiger partial charge in [0.25, 0.3) is 15.9 Å². The van der Waals surface area contributed by atoms with Crippen LogP contribution in [0.15, 0.2) is 107 Å². The van der Waals surface area contributed by atoms with Crippen LogP contribution in [0.2, 0.25) is 5.02 Å². The van der Waals surface area contributed by atoms with Crippen molar-refractivity contribution in [3.8, 4) is 11.5 Å². The number of ether oxygens (including phenoxy) is 2. The number of hydrogen-bond acceptors (Lipinski definition) is 6. The second-order valence-electron chi connectivity index (χ2n) is 8.65. The van der Waals surface area contributed by atoms with Crippen LogP contribution in [-0.4, -0.2) is 33.7 Å². The fraction of sp³-hybridized carbons (Fsp3) is 0.133. The number of carbonyl (C=O) groups is 1.